The number of nitrogens with zero attached hydrogens (tertiary/aromatic N) is 1. The van der Waals surface area contributed by atoms with E-state index in [9.17, 15) is 14.4 Å². The van der Waals surface area contributed by atoms with Crippen LogP contribution in [0.4, 0.5) is 0 Å². The summed E-state index contributed by atoms with van der Waals surface area (Å²) in [4.78, 5) is 34.7. The number of rotatable bonds is 1. The summed E-state index contributed by atoms with van der Waals surface area (Å²) in [6.07, 6.45) is 2.65. The van der Waals surface area contributed by atoms with E-state index in [1.165, 1.54) is 6.08 Å². The highest BCUT2D eigenvalue weighted by molar-refractivity contribution is 6.00. The quantitative estimate of drug-likeness (QED) is 0.554. The number of piperazine rings is 1. The molecular formula is C9H10N2O3. The third-order valence-electron chi connectivity index (χ3n) is 2.31. The molecule has 2 aliphatic rings. The first-order valence-corrected chi connectivity index (χ1v) is 4.46. The molecular weight excluding hydrogens is 184 g/mol. The van der Waals surface area contributed by atoms with Crippen LogP contribution in [0, 0.1) is 0 Å². The largest absolute Gasteiger partial charge is 0.356 e. The molecule has 5 heteroatoms. The Bertz CT molecular complexity index is 330. The Balaban J connectivity index is 2.11. The van der Waals surface area contributed by atoms with E-state index >= 15 is 0 Å². The fourth-order valence-corrected chi connectivity index (χ4v) is 1.67. The van der Waals surface area contributed by atoms with E-state index in [-0.39, 0.29) is 30.7 Å². The van der Waals surface area contributed by atoms with Crippen LogP contribution in [0.3, 0.4) is 0 Å². The van der Waals surface area contributed by atoms with Gasteiger partial charge in [0.15, 0.2) is 5.78 Å². The standard InChI is InChI=1S/C9H10N2O3/c12-7-2-1-6(3-7)11-4-8(13)10-9(14)5-11/h3H,1-2,4-5H2,(H,10,13,14). The van der Waals surface area contributed by atoms with Crippen molar-refractivity contribution >= 4 is 17.6 Å². The second-order valence-corrected chi connectivity index (χ2v) is 3.43. The van der Waals surface area contributed by atoms with E-state index in [1.54, 1.807) is 4.90 Å². The van der Waals surface area contributed by atoms with Crippen LogP contribution in [-0.4, -0.2) is 35.6 Å². The molecule has 2 rings (SSSR count). The summed E-state index contributed by atoms with van der Waals surface area (Å²) in [5.41, 5.74) is 0.804. The topological polar surface area (TPSA) is 66.5 Å². The summed E-state index contributed by atoms with van der Waals surface area (Å²) in [6, 6.07) is 0. The predicted molar refractivity (Wildman–Crippen MR) is 47.0 cm³/mol. The van der Waals surface area contributed by atoms with Crippen molar-refractivity contribution in [1.29, 1.82) is 0 Å². The maximum Gasteiger partial charge on any atom is 0.246 e. The smallest absolute Gasteiger partial charge is 0.246 e. The third-order valence-corrected chi connectivity index (χ3v) is 2.31. The monoisotopic (exact) mass is 194 g/mol. The molecule has 74 valence electrons. The van der Waals surface area contributed by atoms with Crippen LogP contribution in [0.5, 0.6) is 0 Å². The lowest BCUT2D eigenvalue weighted by molar-refractivity contribution is -0.135. The predicted octanol–water partition coefficient (Wildman–Crippen LogP) is -0.808. The maximum atomic E-state index is 11.0. The molecule has 0 radical (unpaired) electrons. The SMILES string of the molecule is O=C1C=C(N2CC(=O)NC(=O)C2)CC1. The van der Waals surface area contributed by atoms with Gasteiger partial charge in [0.1, 0.15) is 0 Å². The van der Waals surface area contributed by atoms with Gasteiger partial charge in [-0.05, 0) is 6.42 Å². The molecule has 1 N–H and O–H groups in total. The molecule has 0 bridgehead atoms. The lowest BCUT2D eigenvalue weighted by Gasteiger charge is -2.27. The minimum Gasteiger partial charge on any atom is -0.356 e. The molecule has 1 aliphatic carbocycles. The number of amides is 2. The van der Waals surface area contributed by atoms with E-state index < -0.39 is 0 Å². The number of carbonyl (C=O) groups excluding carboxylic acids is 3. The Kier molecular flexibility index (Phi) is 2.07. The van der Waals surface area contributed by atoms with Crippen molar-refractivity contribution in [2.24, 2.45) is 0 Å². The zero-order valence-electron chi connectivity index (χ0n) is 7.58. The number of ketones is 1. The summed E-state index contributed by atoms with van der Waals surface area (Å²) in [5.74, 6) is -0.540. The van der Waals surface area contributed by atoms with Crippen molar-refractivity contribution in [3.63, 3.8) is 0 Å². The molecule has 0 unspecified atom stereocenters. The first-order chi connectivity index (χ1) is 6.65. The normalized spacial score (nSPS) is 22.4. The number of nitrogens with one attached hydrogen (secondary N) is 1. The van der Waals surface area contributed by atoms with Crippen LogP contribution in [0.25, 0.3) is 0 Å². The average Bonchev–Trinajstić information content (AvgIpc) is 2.50. The Morgan fingerprint density at radius 3 is 2.21 bits per heavy atom. The fraction of sp³-hybridized carbons (Fsp3) is 0.444. The molecule has 2 amide bonds. The van der Waals surface area contributed by atoms with Crippen molar-refractivity contribution < 1.29 is 14.4 Å². The van der Waals surface area contributed by atoms with Crippen molar-refractivity contribution in [3.05, 3.63) is 11.8 Å². The molecule has 0 aromatic heterocycles. The molecule has 1 fully saturated rings. The molecule has 0 aromatic rings. The second-order valence-electron chi connectivity index (χ2n) is 3.43. The zero-order chi connectivity index (χ0) is 10.1. The number of allylic oxidation sites excluding steroid dienone is 2. The number of hydrogen-bond acceptors (Lipinski definition) is 4. The van der Waals surface area contributed by atoms with Gasteiger partial charge in [-0.2, -0.15) is 0 Å². The van der Waals surface area contributed by atoms with Gasteiger partial charge in [-0.25, -0.2) is 0 Å². The minimum absolute atomic E-state index is 0.0680. The van der Waals surface area contributed by atoms with E-state index in [1.807, 2.05) is 0 Å². The van der Waals surface area contributed by atoms with Gasteiger partial charge in [-0.1, -0.05) is 0 Å². The summed E-state index contributed by atoms with van der Waals surface area (Å²) >= 11 is 0. The lowest BCUT2D eigenvalue weighted by atomic mass is 10.2. The van der Waals surface area contributed by atoms with Gasteiger partial charge >= 0.3 is 0 Å². The fourth-order valence-electron chi connectivity index (χ4n) is 1.67. The molecule has 0 aromatic carbocycles. The van der Waals surface area contributed by atoms with Gasteiger partial charge in [0.25, 0.3) is 0 Å². The Morgan fingerprint density at radius 2 is 1.71 bits per heavy atom. The van der Waals surface area contributed by atoms with Crippen LogP contribution in [-0.2, 0) is 14.4 Å². The van der Waals surface area contributed by atoms with Gasteiger partial charge in [-0.15, -0.1) is 0 Å². The van der Waals surface area contributed by atoms with Crippen molar-refractivity contribution in [1.82, 2.24) is 10.2 Å². The first-order valence-electron chi connectivity index (χ1n) is 4.46. The van der Waals surface area contributed by atoms with Crippen molar-refractivity contribution in [2.75, 3.05) is 13.1 Å². The van der Waals surface area contributed by atoms with E-state index in [2.05, 4.69) is 5.32 Å². The average molecular weight is 194 g/mol. The zero-order valence-corrected chi connectivity index (χ0v) is 7.58. The molecule has 1 heterocycles. The summed E-state index contributed by atoms with van der Waals surface area (Å²) < 4.78 is 0. The van der Waals surface area contributed by atoms with Gasteiger partial charge in [0.2, 0.25) is 11.8 Å². The van der Waals surface area contributed by atoms with Gasteiger partial charge in [-0.3, -0.25) is 19.7 Å². The molecule has 1 saturated heterocycles. The van der Waals surface area contributed by atoms with Crippen molar-refractivity contribution in [3.8, 4) is 0 Å². The second kappa shape index (κ2) is 3.25. The Hall–Kier alpha value is -1.65. The van der Waals surface area contributed by atoms with Crippen LogP contribution in [0.15, 0.2) is 11.8 Å². The van der Waals surface area contributed by atoms with E-state index in [0.717, 1.165) is 5.70 Å². The van der Waals surface area contributed by atoms with Crippen LogP contribution < -0.4 is 5.32 Å². The molecule has 1 aliphatic heterocycles. The number of hydrogen-bond donors (Lipinski definition) is 1. The summed E-state index contributed by atoms with van der Waals surface area (Å²) in [7, 11) is 0. The Morgan fingerprint density at radius 1 is 1.07 bits per heavy atom. The summed E-state index contributed by atoms with van der Waals surface area (Å²) in [5, 5.41) is 2.21. The number of imide groups is 1. The highest BCUT2D eigenvalue weighted by Gasteiger charge is 2.26. The molecule has 5 nitrogen and oxygen atoms in total. The Labute approximate surface area is 80.8 Å². The minimum atomic E-state index is -0.304. The highest BCUT2D eigenvalue weighted by Crippen LogP contribution is 2.19. The van der Waals surface area contributed by atoms with Crippen LogP contribution in [0.1, 0.15) is 12.8 Å². The lowest BCUT2D eigenvalue weighted by Crippen LogP contribution is -2.50. The molecule has 0 spiro atoms. The van der Waals surface area contributed by atoms with Gasteiger partial charge < -0.3 is 4.90 Å². The number of carbonyl (C=O) groups is 3. The van der Waals surface area contributed by atoms with Gasteiger partial charge in [0, 0.05) is 18.2 Å². The van der Waals surface area contributed by atoms with Crippen molar-refractivity contribution in [2.45, 2.75) is 12.8 Å². The molecule has 0 saturated carbocycles. The summed E-state index contributed by atoms with van der Waals surface area (Å²) in [6.45, 7) is 0.343. The first kappa shape index (κ1) is 8.93. The van der Waals surface area contributed by atoms with Gasteiger partial charge in [0.05, 0.1) is 13.1 Å². The molecule has 0 atom stereocenters. The van der Waals surface area contributed by atoms with E-state index in [0.29, 0.717) is 12.8 Å². The maximum absolute atomic E-state index is 11.0. The van der Waals surface area contributed by atoms with Crippen LogP contribution in [0.2, 0.25) is 0 Å². The molecule has 14 heavy (non-hydrogen) atoms. The third kappa shape index (κ3) is 1.66. The van der Waals surface area contributed by atoms with Crippen LogP contribution >= 0.6 is 0 Å². The highest BCUT2D eigenvalue weighted by atomic mass is 16.2. The van der Waals surface area contributed by atoms with E-state index in [4.69, 9.17) is 0 Å².